The first-order chi connectivity index (χ1) is 10.6. The minimum absolute atomic E-state index is 0.458. The summed E-state index contributed by atoms with van der Waals surface area (Å²) in [5, 5.41) is 0. The summed E-state index contributed by atoms with van der Waals surface area (Å²) in [4.78, 5) is 0. The average Bonchev–Trinajstić information content (AvgIpc) is 2.48. The van der Waals surface area contributed by atoms with Crippen LogP contribution < -0.4 is 11.5 Å². The van der Waals surface area contributed by atoms with Crippen molar-refractivity contribution in [2.24, 2.45) is 11.5 Å². The lowest BCUT2D eigenvalue weighted by atomic mass is 10.1. The largest absolute Gasteiger partial charge is 0.700 e. The minimum Gasteiger partial charge on any atom is -0.302 e. The zero-order chi connectivity index (χ0) is 15.8. The lowest BCUT2D eigenvalue weighted by Crippen LogP contribution is -2.27. The fourth-order valence-corrected chi connectivity index (χ4v) is 2.65. The van der Waals surface area contributed by atoms with Gasteiger partial charge in [0.15, 0.2) is 12.5 Å². The maximum absolute atomic E-state index is 11.8. The van der Waals surface area contributed by atoms with Crippen molar-refractivity contribution in [3.8, 4) is 0 Å². The van der Waals surface area contributed by atoms with Crippen molar-refractivity contribution in [2.45, 2.75) is 25.3 Å². The highest BCUT2D eigenvalue weighted by molar-refractivity contribution is 7.33. The molecule has 4 N–H and O–H groups in total. The molecule has 0 aliphatic rings. The Morgan fingerprint density at radius 2 is 1.14 bits per heavy atom. The van der Waals surface area contributed by atoms with Crippen LogP contribution in [-0.4, -0.2) is 12.5 Å². The molecule has 2 aromatic rings. The van der Waals surface area contributed by atoms with E-state index >= 15 is 0 Å². The van der Waals surface area contributed by atoms with Gasteiger partial charge in [0, 0.05) is 17.4 Å². The molecule has 2 rings (SSSR count). The molecule has 0 bridgehead atoms. The number of benzene rings is 2. The molecule has 0 fully saturated rings. The third-order valence-electron chi connectivity index (χ3n) is 3.00. The highest BCUT2D eigenvalue weighted by atomic mass is 31.1. The van der Waals surface area contributed by atoms with Crippen molar-refractivity contribution in [1.82, 2.24) is 0 Å². The van der Waals surface area contributed by atoms with E-state index < -0.39 is 20.7 Å². The van der Waals surface area contributed by atoms with Crippen LogP contribution in [0.25, 0.3) is 0 Å². The Hall–Kier alpha value is -1.62. The lowest BCUT2D eigenvalue weighted by molar-refractivity contribution is 0.134. The Kier molecular flexibility index (Phi) is 6.65. The molecule has 5 nitrogen and oxygen atoms in total. The average molecular weight is 319 g/mol. The minimum atomic E-state index is -2.35. The first-order valence-electron chi connectivity index (χ1n) is 7.03. The molecule has 0 saturated carbocycles. The lowest BCUT2D eigenvalue weighted by Gasteiger charge is -2.07. The van der Waals surface area contributed by atoms with Crippen LogP contribution in [0.15, 0.2) is 60.7 Å². The van der Waals surface area contributed by atoms with E-state index in [1.165, 1.54) is 0 Å². The van der Waals surface area contributed by atoms with Crippen molar-refractivity contribution in [3.05, 3.63) is 71.8 Å². The van der Waals surface area contributed by atoms with Crippen molar-refractivity contribution in [1.29, 1.82) is 0 Å². The number of hydrogen-bond donors (Lipinski definition) is 2. The predicted molar refractivity (Wildman–Crippen MR) is 86.0 cm³/mol. The molecule has 0 spiro atoms. The standard InChI is InChI=1S/C16H20N2O3P/c17-15(11-13-7-3-1-4-8-13)20-22(19)21-16(18)12-14-9-5-2-6-10-14/h1-10,15-16H,11-12,17-18H2/q+1. The second-order valence-electron chi connectivity index (χ2n) is 4.89. The van der Waals surface area contributed by atoms with Gasteiger partial charge in [0.05, 0.1) is 0 Å². The third kappa shape index (κ3) is 6.02. The molecule has 22 heavy (non-hydrogen) atoms. The van der Waals surface area contributed by atoms with Crippen LogP contribution in [-0.2, 0) is 26.5 Å². The van der Waals surface area contributed by atoms with Gasteiger partial charge >= 0.3 is 8.25 Å². The second-order valence-corrected chi connectivity index (χ2v) is 5.76. The Balaban J connectivity index is 1.75. The molecule has 6 heteroatoms. The molecule has 2 aromatic carbocycles. The van der Waals surface area contributed by atoms with Crippen LogP contribution in [0.3, 0.4) is 0 Å². The molecule has 0 radical (unpaired) electrons. The predicted octanol–water partition coefficient (Wildman–Crippen LogP) is 2.73. The highest BCUT2D eigenvalue weighted by Gasteiger charge is 2.28. The first-order valence-corrected chi connectivity index (χ1v) is 8.13. The molecule has 0 aliphatic heterocycles. The van der Waals surface area contributed by atoms with Crippen LogP contribution in [0.1, 0.15) is 11.1 Å². The van der Waals surface area contributed by atoms with Gasteiger partial charge in [0.2, 0.25) is 0 Å². The monoisotopic (exact) mass is 319 g/mol. The van der Waals surface area contributed by atoms with E-state index in [1.54, 1.807) is 0 Å². The second kappa shape index (κ2) is 8.73. The zero-order valence-electron chi connectivity index (χ0n) is 12.2. The van der Waals surface area contributed by atoms with Crippen molar-refractivity contribution < 1.29 is 13.6 Å². The SMILES string of the molecule is NC(Cc1ccccc1)O[P+](=O)OC(N)Cc1ccccc1. The fraction of sp³-hybridized carbons (Fsp3) is 0.250. The topological polar surface area (TPSA) is 87.6 Å². The maximum Gasteiger partial charge on any atom is 0.700 e. The number of hydrogen-bond acceptors (Lipinski definition) is 5. The van der Waals surface area contributed by atoms with Gasteiger partial charge in [-0.3, -0.25) is 0 Å². The van der Waals surface area contributed by atoms with Gasteiger partial charge in [-0.05, 0) is 11.1 Å². The Morgan fingerprint density at radius 1 is 0.773 bits per heavy atom. The van der Waals surface area contributed by atoms with E-state index in [-0.39, 0.29) is 0 Å². The summed E-state index contributed by atoms with van der Waals surface area (Å²) in [5.41, 5.74) is 13.6. The fourth-order valence-electron chi connectivity index (χ4n) is 2.01. The van der Waals surface area contributed by atoms with Crippen LogP contribution in [0.5, 0.6) is 0 Å². The Morgan fingerprint density at radius 3 is 1.50 bits per heavy atom. The summed E-state index contributed by atoms with van der Waals surface area (Å²) in [6.45, 7) is 0. The first kappa shape index (κ1) is 16.7. The maximum atomic E-state index is 11.8. The van der Waals surface area contributed by atoms with Gasteiger partial charge in [-0.25, -0.2) is 0 Å². The molecule has 0 saturated heterocycles. The van der Waals surface area contributed by atoms with Crippen LogP contribution >= 0.6 is 8.25 Å². The van der Waals surface area contributed by atoms with Crippen LogP contribution in [0, 0.1) is 0 Å². The molecule has 0 amide bonds. The van der Waals surface area contributed by atoms with Gasteiger partial charge in [0.25, 0.3) is 0 Å². The summed E-state index contributed by atoms with van der Waals surface area (Å²) in [6.07, 6.45) is -0.483. The van der Waals surface area contributed by atoms with E-state index in [1.807, 2.05) is 60.7 Å². The molecular formula is C16H20N2O3P+. The van der Waals surface area contributed by atoms with E-state index in [0.29, 0.717) is 12.8 Å². The molecule has 0 heterocycles. The summed E-state index contributed by atoms with van der Waals surface area (Å²) in [5.74, 6) is 0. The third-order valence-corrected chi connectivity index (χ3v) is 3.89. The van der Waals surface area contributed by atoms with Gasteiger partial charge in [-0.2, -0.15) is 0 Å². The molecule has 2 atom stereocenters. The number of rotatable bonds is 8. The molecule has 116 valence electrons. The van der Waals surface area contributed by atoms with Gasteiger partial charge in [-0.15, -0.1) is 0 Å². The molecule has 0 aliphatic carbocycles. The number of nitrogens with two attached hydrogens (primary N) is 2. The Labute approximate surface area is 131 Å². The summed E-state index contributed by atoms with van der Waals surface area (Å²) in [6, 6.07) is 19.2. The zero-order valence-corrected chi connectivity index (χ0v) is 13.1. The van der Waals surface area contributed by atoms with E-state index in [9.17, 15) is 4.57 Å². The molecule has 0 aromatic heterocycles. The van der Waals surface area contributed by atoms with Crippen molar-refractivity contribution >= 4 is 8.25 Å². The summed E-state index contributed by atoms with van der Waals surface area (Å²) in [7, 11) is -2.35. The van der Waals surface area contributed by atoms with Crippen molar-refractivity contribution in [3.63, 3.8) is 0 Å². The summed E-state index contributed by atoms with van der Waals surface area (Å²) < 4.78 is 22.1. The molecular weight excluding hydrogens is 299 g/mol. The van der Waals surface area contributed by atoms with Crippen LogP contribution in [0.2, 0.25) is 0 Å². The highest BCUT2D eigenvalue weighted by Crippen LogP contribution is 2.27. The van der Waals surface area contributed by atoms with Gasteiger partial charge < -0.3 is 11.5 Å². The van der Waals surface area contributed by atoms with E-state index in [2.05, 4.69) is 0 Å². The molecule has 2 unspecified atom stereocenters. The Bertz CT molecular complexity index is 529. The summed E-state index contributed by atoms with van der Waals surface area (Å²) >= 11 is 0. The van der Waals surface area contributed by atoms with Gasteiger partial charge in [0.1, 0.15) is 0 Å². The smallest absolute Gasteiger partial charge is 0.302 e. The quantitative estimate of drug-likeness (QED) is 0.577. The normalized spacial score (nSPS) is 14.4. The van der Waals surface area contributed by atoms with Gasteiger partial charge in [-0.1, -0.05) is 69.7 Å². The van der Waals surface area contributed by atoms with E-state index in [4.69, 9.17) is 20.5 Å². The van der Waals surface area contributed by atoms with Crippen molar-refractivity contribution in [2.75, 3.05) is 0 Å². The van der Waals surface area contributed by atoms with Crippen LogP contribution in [0.4, 0.5) is 0 Å². The van der Waals surface area contributed by atoms with E-state index in [0.717, 1.165) is 11.1 Å².